The van der Waals surface area contributed by atoms with Gasteiger partial charge in [-0.25, -0.2) is 9.18 Å². The average Bonchev–Trinajstić information content (AvgIpc) is 2.56. The van der Waals surface area contributed by atoms with Crippen molar-refractivity contribution in [3.05, 3.63) is 69.9 Å². The second-order valence-corrected chi connectivity index (χ2v) is 6.05. The first-order valence-electron chi connectivity index (χ1n) is 7.45. The fourth-order valence-electron chi connectivity index (χ4n) is 2.03. The number of carbonyl (C=O) groups is 2. The summed E-state index contributed by atoms with van der Waals surface area (Å²) in [7, 11) is 0. The second-order valence-electron chi connectivity index (χ2n) is 5.19. The van der Waals surface area contributed by atoms with Crippen LogP contribution in [0.25, 0.3) is 0 Å². The summed E-state index contributed by atoms with van der Waals surface area (Å²) in [4.78, 5) is 24.0. The molecule has 0 fully saturated rings. The zero-order valence-electron chi connectivity index (χ0n) is 13.1. The Bertz CT molecular complexity index is 718. The molecule has 24 heavy (non-hydrogen) atoms. The van der Waals surface area contributed by atoms with Crippen molar-refractivity contribution >= 4 is 27.8 Å². The van der Waals surface area contributed by atoms with Crippen LogP contribution in [0.1, 0.15) is 22.8 Å². The van der Waals surface area contributed by atoms with Crippen molar-refractivity contribution in [2.24, 2.45) is 0 Å². The first-order valence-corrected chi connectivity index (χ1v) is 8.24. The van der Waals surface area contributed by atoms with Crippen LogP contribution in [0.3, 0.4) is 0 Å². The lowest BCUT2D eigenvalue weighted by molar-refractivity contribution is -0.129. The van der Waals surface area contributed by atoms with E-state index >= 15 is 0 Å². The Morgan fingerprint density at radius 3 is 2.50 bits per heavy atom. The minimum absolute atomic E-state index is 0.296. The number of benzene rings is 2. The molecular weight excluding hydrogens is 377 g/mol. The van der Waals surface area contributed by atoms with E-state index in [1.54, 1.807) is 36.4 Å². The fraction of sp³-hybridized carbons (Fsp3) is 0.222. The molecule has 0 bridgehead atoms. The van der Waals surface area contributed by atoms with E-state index in [1.807, 2.05) is 0 Å². The Kier molecular flexibility index (Phi) is 6.49. The summed E-state index contributed by atoms with van der Waals surface area (Å²) in [5, 5.41) is 2.70. The standard InChI is InChI=1S/C18H17BrFNO3/c1-12(24-18(23)15-4-2-3-5-16(15)19)17(22)21-11-10-13-6-8-14(20)9-7-13/h2-9,12H,10-11H2,1H3,(H,21,22)/t12-/m0/s1. The molecule has 4 nitrogen and oxygen atoms in total. The van der Waals surface area contributed by atoms with Gasteiger partial charge >= 0.3 is 5.97 Å². The highest BCUT2D eigenvalue weighted by Gasteiger charge is 2.19. The molecule has 0 heterocycles. The molecule has 2 rings (SSSR count). The largest absolute Gasteiger partial charge is 0.449 e. The molecule has 0 aliphatic carbocycles. The van der Waals surface area contributed by atoms with E-state index in [4.69, 9.17) is 4.74 Å². The normalized spacial score (nSPS) is 11.6. The molecule has 1 N–H and O–H groups in total. The molecule has 1 atom stereocenters. The van der Waals surface area contributed by atoms with Crippen LogP contribution >= 0.6 is 15.9 Å². The first kappa shape index (κ1) is 18.1. The quantitative estimate of drug-likeness (QED) is 0.764. The molecule has 0 unspecified atom stereocenters. The van der Waals surface area contributed by atoms with Crippen molar-refractivity contribution in [3.8, 4) is 0 Å². The van der Waals surface area contributed by atoms with Crippen molar-refractivity contribution in [1.82, 2.24) is 5.32 Å². The number of hydrogen-bond donors (Lipinski definition) is 1. The van der Waals surface area contributed by atoms with Gasteiger partial charge in [-0.15, -0.1) is 0 Å². The van der Waals surface area contributed by atoms with Gasteiger partial charge in [-0.1, -0.05) is 24.3 Å². The van der Waals surface area contributed by atoms with Crippen LogP contribution in [0.2, 0.25) is 0 Å². The molecule has 2 aromatic carbocycles. The summed E-state index contributed by atoms with van der Waals surface area (Å²) in [6, 6.07) is 12.9. The third-order valence-electron chi connectivity index (χ3n) is 3.37. The van der Waals surface area contributed by atoms with E-state index in [1.165, 1.54) is 19.1 Å². The first-order chi connectivity index (χ1) is 11.5. The highest BCUT2D eigenvalue weighted by Crippen LogP contribution is 2.17. The van der Waals surface area contributed by atoms with Gasteiger partial charge in [0.1, 0.15) is 5.82 Å². The van der Waals surface area contributed by atoms with E-state index in [2.05, 4.69) is 21.2 Å². The SMILES string of the molecule is C[C@H](OC(=O)c1ccccc1Br)C(=O)NCCc1ccc(F)cc1. The van der Waals surface area contributed by atoms with Gasteiger partial charge in [-0.2, -0.15) is 0 Å². The summed E-state index contributed by atoms with van der Waals surface area (Å²) in [6.45, 7) is 1.89. The zero-order valence-corrected chi connectivity index (χ0v) is 14.7. The Morgan fingerprint density at radius 2 is 1.83 bits per heavy atom. The van der Waals surface area contributed by atoms with Gasteiger partial charge in [0.25, 0.3) is 5.91 Å². The van der Waals surface area contributed by atoms with E-state index in [9.17, 15) is 14.0 Å². The van der Waals surface area contributed by atoms with Crippen molar-refractivity contribution in [3.63, 3.8) is 0 Å². The number of esters is 1. The predicted molar refractivity (Wildman–Crippen MR) is 92.1 cm³/mol. The highest BCUT2D eigenvalue weighted by atomic mass is 79.9. The Labute approximate surface area is 148 Å². The number of rotatable bonds is 6. The number of hydrogen-bond acceptors (Lipinski definition) is 3. The number of amides is 1. The molecular formula is C18H17BrFNO3. The Morgan fingerprint density at radius 1 is 1.17 bits per heavy atom. The maximum atomic E-state index is 12.8. The van der Waals surface area contributed by atoms with Crippen LogP contribution in [0.5, 0.6) is 0 Å². The maximum absolute atomic E-state index is 12.8. The van der Waals surface area contributed by atoms with E-state index in [0.717, 1.165) is 5.56 Å². The Hall–Kier alpha value is -2.21. The molecule has 1 amide bonds. The molecule has 126 valence electrons. The molecule has 0 saturated heterocycles. The lowest BCUT2D eigenvalue weighted by Gasteiger charge is -2.14. The van der Waals surface area contributed by atoms with Gasteiger partial charge in [0.15, 0.2) is 6.10 Å². The minimum atomic E-state index is -0.905. The predicted octanol–water partition coefficient (Wildman–Crippen LogP) is 3.49. The molecule has 2 aromatic rings. The van der Waals surface area contributed by atoms with Crippen LogP contribution in [0, 0.1) is 5.82 Å². The second kappa shape index (κ2) is 8.59. The van der Waals surface area contributed by atoms with Crippen molar-refractivity contribution < 1.29 is 18.7 Å². The molecule has 0 radical (unpaired) electrons. The van der Waals surface area contributed by atoms with Crippen LogP contribution in [0.15, 0.2) is 53.0 Å². The van der Waals surface area contributed by atoms with Gasteiger partial charge < -0.3 is 10.1 Å². The molecule has 0 aliphatic rings. The number of ether oxygens (including phenoxy) is 1. The van der Waals surface area contributed by atoms with E-state index in [0.29, 0.717) is 23.0 Å². The average molecular weight is 394 g/mol. The topological polar surface area (TPSA) is 55.4 Å². The van der Waals surface area contributed by atoms with Crippen LogP contribution in [0.4, 0.5) is 4.39 Å². The monoisotopic (exact) mass is 393 g/mol. The summed E-state index contributed by atoms with van der Waals surface area (Å²) >= 11 is 3.27. The minimum Gasteiger partial charge on any atom is -0.449 e. The molecule has 0 aromatic heterocycles. The smallest absolute Gasteiger partial charge is 0.340 e. The zero-order chi connectivity index (χ0) is 17.5. The van der Waals surface area contributed by atoms with Crippen molar-refractivity contribution in [1.29, 1.82) is 0 Å². The maximum Gasteiger partial charge on any atom is 0.340 e. The third-order valence-corrected chi connectivity index (χ3v) is 4.06. The lowest BCUT2D eigenvalue weighted by Crippen LogP contribution is -2.37. The molecule has 0 saturated carbocycles. The number of nitrogens with one attached hydrogen (secondary N) is 1. The highest BCUT2D eigenvalue weighted by molar-refractivity contribution is 9.10. The molecule has 6 heteroatoms. The van der Waals surface area contributed by atoms with Crippen molar-refractivity contribution in [2.45, 2.75) is 19.4 Å². The summed E-state index contributed by atoms with van der Waals surface area (Å²) in [6.07, 6.45) is -0.338. The van der Waals surface area contributed by atoms with Crippen LogP contribution in [-0.2, 0) is 16.0 Å². The van der Waals surface area contributed by atoms with Crippen LogP contribution in [-0.4, -0.2) is 24.5 Å². The molecule has 0 aliphatic heterocycles. The van der Waals surface area contributed by atoms with Gasteiger partial charge in [0.2, 0.25) is 0 Å². The number of halogens is 2. The van der Waals surface area contributed by atoms with Gasteiger partial charge in [-0.05, 0) is 59.1 Å². The summed E-state index contributed by atoms with van der Waals surface area (Å²) in [5.41, 5.74) is 1.28. The van der Waals surface area contributed by atoms with Crippen LogP contribution < -0.4 is 5.32 Å². The summed E-state index contributed by atoms with van der Waals surface area (Å²) in [5.74, 6) is -1.24. The lowest BCUT2D eigenvalue weighted by atomic mass is 10.1. The Balaban J connectivity index is 1.80. The van der Waals surface area contributed by atoms with Gasteiger partial charge in [-0.3, -0.25) is 4.79 Å². The fourth-order valence-corrected chi connectivity index (χ4v) is 2.48. The van der Waals surface area contributed by atoms with Gasteiger partial charge in [0.05, 0.1) is 5.56 Å². The molecule has 0 spiro atoms. The third kappa shape index (κ3) is 5.16. The van der Waals surface area contributed by atoms with Crippen molar-refractivity contribution in [2.75, 3.05) is 6.54 Å². The van der Waals surface area contributed by atoms with Gasteiger partial charge in [0, 0.05) is 11.0 Å². The number of carbonyl (C=O) groups excluding carboxylic acids is 2. The van der Waals surface area contributed by atoms with E-state index in [-0.39, 0.29) is 11.7 Å². The van der Waals surface area contributed by atoms with E-state index < -0.39 is 12.1 Å². The summed E-state index contributed by atoms with van der Waals surface area (Å²) < 4.78 is 18.6.